The summed E-state index contributed by atoms with van der Waals surface area (Å²) >= 11 is 1.28. The van der Waals surface area contributed by atoms with Crippen molar-refractivity contribution in [3.8, 4) is 5.75 Å². The summed E-state index contributed by atoms with van der Waals surface area (Å²) in [6, 6.07) is 21.1. The van der Waals surface area contributed by atoms with Gasteiger partial charge in [-0.2, -0.15) is 0 Å². The number of para-hydroxylation sites is 2. The third kappa shape index (κ3) is 5.32. The number of ether oxygens (including phenoxy) is 2. The lowest BCUT2D eigenvalue weighted by Crippen LogP contribution is -2.40. The third-order valence-electron chi connectivity index (χ3n) is 7.40. The van der Waals surface area contributed by atoms with E-state index in [1.54, 1.807) is 30.5 Å². The molecule has 0 radical (unpaired) electrons. The first kappa shape index (κ1) is 28.4. The number of allylic oxidation sites excluding steroid dienone is 1. The zero-order valence-electron chi connectivity index (χ0n) is 24.0. The van der Waals surface area contributed by atoms with E-state index in [1.165, 1.54) is 23.5 Å². The molecule has 1 unspecified atom stereocenters. The van der Waals surface area contributed by atoms with Crippen LogP contribution in [-0.2, 0) is 16.1 Å². The van der Waals surface area contributed by atoms with E-state index in [0.29, 0.717) is 45.1 Å². The zero-order valence-corrected chi connectivity index (χ0v) is 24.9. The summed E-state index contributed by atoms with van der Waals surface area (Å²) in [6.45, 7) is 6.58. The van der Waals surface area contributed by atoms with Crippen LogP contribution in [0, 0.1) is 5.82 Å². The molecule has 7 nitrogen and oxygen atoms in total. The third-order valence-corrected chi connectivity index (χ3v) is 8.39. The fourth-order valence-corrected chi connectivity index (χ4v) is 6.57. The number of hydrogen-bond acceptors (Lipinski definition) is 6. The Balaban J connectivity index is 1.52. The average molecular weight is 596 g/mol. The second kappa shape index (κ2) is 11.9. The molecular formula is C34H30FN3O4S. The number of thiazole rings is 1. The largest absolute Gasteiger partial charge is 0.494 e. The van der Waals surface area contributed by atoms with Gasteiger partial charge in [0.05, 0.1) is 29.0 Å². The van der Waals surface area contributed by atoms with Gasteiger partial charge in [-0.15, -0.1) is 0 Å². The Morgan fingerprint density at radius 2 is 1.77 bits per heavy atom. The minimum Gasteiger partial charge on any atom is -0.494 e. The summed E-state index contributed by atoms with van der Waals surface area (Å²) in [5, 5.41) is 0.983. The van der Waals surface area contributed by atoms with Crippen LogP contribution < -0.4 is 19.6 Å². The molecule has 0 aliphatic carbocycles. The summed E-state index contributed by atoms with van der Waals surface area (Å²) in [6.07, 6.45) is 3.88. The lowest BCUT2D eigenvalue weighted by atomic mass is 9.95. The molecule has 1 atom stereocenters. The first-order valence-electron chi connectivity index (χ1n) is 14.1. The minimum absolute atomic E-state index is 0.196. The Hall–Kier alpha value is -4.76. The second-order valence-corrected chi connectivity index (χ2v) is 11.1. The Morgan fingerprint density at radius 1 is 1.02 bits per heavy atom. The molecule has 0 N–H and O–H groups in total. The molecule has 0 saturated heterocycles. The van der Waals surface area contributed by atoms with Gasteiger partial charge in [0.15, 0.2) is 4.80 Å². The lowest BCUT2D eigenvalue weighted by molar-refractivity contribution is -0.139. The normalized spacial score (nSPS) is 15.0. The maximum atomic E-state index is 14.2. The fourth-order valence-electron chi connectivity index (χ4n) is 5.53. The van der Waals surface area contributed by atoms with Gasteiger partial charge in [0.2, 0.25) is 0 Å². The first-order valence-corrected chi connectivity index (χ1v) is 14.9. The van der Waals surface area contributed by atoms with E-state index in [9.17, 15) is 14.0 Å². The van der Waals surface area contributed by atoms with Gasteiger partial charge in [-0.25, -0.2) is 14.2 Å². The van der Waals surface area contributed by atoms with E-state index in [4.69, 9.17) is 14.5 Å². The van der Waals surface area contributed by atoms with E-state index in [0.717, 1.165) is 22.0 Å². The predicted molar refractivity (Wildman–Crippen MR) is 165 cm³/mol. The molecule has 43 heavy (non-hydrogen) atoms. The number of fused-ring (bicyclic) bond motifs is 2. The maximum Gasteiger partial charge on any atom is 0.338 e. The highest BCUT2D eigenvalue weighted by molar-refractivity contribution is 7.07. The zero-order chi connectivity index (χ0) is 30.1. The molecule has 5 aromatic rings. The predicted octanol–water partition coefficient (Wildman–Crippen LogP) is 5.34. The highest BCUT2D eigenvalue weighted by Gasteiger charge is 2.35. The van der Waals surface area contributed by atoms with Crippen molar-refractivity contribution >= 4 is 34.3 Å². The molecule has 1 aliphatic rings. The summed E-state index contributed by atoms with van der Waals surface area (Å²) in [4.78, 5) is 32.7. The molecule has 0 spiro atoms. The lowest BCUT2D eigenvalue weighted by Gasteiger charge is -2.26. The van der Waals surface area contributed by atoms with Crippen LogP contribution in [0.3, 0.4) is 0 Å². The van der Waals surface area contributed by atoms with Crippen molar-refractivity contribution in [3.05, 3.63) is 132 Å². The number of carbonyl (C=O) groups excluding carboxylic acids is 1. The van der Waals surface area contributed by atoms with E-state index < -0.39 is 12.0 Å². The molecule has 218 valence electrons. The van der Waals surface area contributed by atoms with Crippen LogP contribution in [0.15, 0.2) is 100 Å². The SMILES string of the molecule is CCOC(=O)C1=C(C)N=c2sc(=Cc3cn(Cc4ccc(F)cc4)c4ccccc34)c(=O)n2C1c1ccccc1OCC. The number of halogens is 1. The van der Waals surface area contributed by atoms with Crippen LogP contribution >= 0.6 is 11.3 Å². The molecule has 1 aliphatic heterocycles. The van der Waals surface area contributed by atoms with Crippen molar-refractivity contribution < 1.29 is 18.7 Å². The van der Waals surface area contributed by atoms with Gasteiger partial charge in [0, 0.05) is 34.8 Å². The van der Waals surface area contributed by atoms with E-state index >= 15 is 0 Å². The molecule has 9 heteroatoms. The molecule has 0 bridgehead atoms. The fraction of sp³-hybridized carbons (Fsp3) is 0.206. The summed E-state index contributed by atoms with van der Waals surface area (Å²) in [7, 11) is 0. The van der Waals surface area contributed by atoms with E-state index in [-0.39, 0.29) is 18.0 Å². The minimum atomic E-state index is -0.764. The van der Waals surface area contributed by atoms with Crippen LogP contribution in [0.5, 0.6) is 5.75 Å². The van der Waals surface area contributed by atoms with Crippen molar-refractivity contribution in [1.29, 1.82) is 0 Å². The van der Waals surface area contributed by atoms with Gasteiger partial charge in [0.1, 0.15) is 17.6 Å². The number of esters is 1. The maximum absolute atomic E-state index is 14.2. The van der Waals surface area contributed by atoms with Crippen LogP contribution in [0.2, 0.25) is 0 Å². The van der Waals surface area contributed by atoms with Crippen LogP contribution in [0.25, 0.3) is 17.0 Å². The number of rotatable bonds is 8. The van der Waals surface area contributed by atoms with E-state index in [1.807, 2.05) is 67.7 Å². The number of nitrogens with zero attached hydrogens (tertiary/aromatic N) is 3. The monoisotopic (exact) mass is 595 g/mol. The van der Waals surface area contributed by atoms with Crippen molar-refractivity contribution in [3.63, 3.8) is 0 Å². The van der Waals surface area contributed by atoms with Crippen LogP contribution in [-0.4, -0.2) is 28.3 Å². The van der Waals surface area contributed by atoms with Gasteiger partial charge in [-0.05, 0) is 56.7 Å². The standard InChI is InChI=1S/C34H30FN3O4S/c1-4-41-28-13-9-7-11-26(28)31-30(33(40)42-5-2)21(3)36-34-38(31)32(39)29(43-34)18-23-20-37(27-12-8-6-10-25(23)27)19-22-14-16-24(35)17-15-22/h6-18,20,31H,4-5,19H2,1-3H3. The Labute approximate surface area is 251 Å². The summed E-state index contributed by atoms with van der Waals surface area (Å²) < 4.78 is 29.0. The van der Waals surface area contributed by atoms with Gasteiger partial charge in [-0.3, -0.25) is 9.36 Å². The summed E-state index contributed by atoms with van der Waals surface area (Å²) in [5.41, 5.74) is 4.06. The number of aromatic nitrogens is 2. The van der Waals surface area contributed by atoms with Crippen molar-refractivity contribution in [2.45, 2.75) is 33.4 Å². The Kier molecular flexibility index (Phi) is 7.82. The first-order chi connectivity index (χ1) is 20.9. The second-order valence-electron chi connectivity index (χ2n) is 10.1. The molecule has 0 amide bonds. The highest BCUT2D eigenvalue weighted by atomic mass is 32.1. The number of carbonyl (C=O) groups is 1. The van der Waals surface area contributed by atoms with Crippen molar-refractivity contribution in [1.82, 2.24) is 9.13 Å². The molecule has 6 rings (SSSR count). The Bertz CT molecular complexity index is 2050. The van der Waals surface area contributed by atoms with Crippen molar-refractivity contribution in [2.75, 3.05) is 13.2 Å². The topological polar surface area (TPSA) is 74.8 Å². The molecule has 2 aromatic heterocycles. The Morgan fingerprint density at radius 3 is 2.53 bits per heavy atom. The van der Waals surface area contributed by atoms with Gasteiger partial charge < -0.3 is 14.0 Å². The van der Waals surface area contributed by atoms with Gasteiger partial charge in [0.25, 0.3) is 5.56 Å². The van der Waals surface area contributed by atoms with Crippen LogP contribution in [0.1, 0.15) is 43.5 Å². The van der Waals surface area contributed by atoms with Gasteiger partial charge >= 0.3 is 5.97 Å². The molecule has 0 fully saturated rings. The molecule has 3 aromatic carbocycles. The highest BCUT2D eigenvalue weighted by Crippen LogP contribution is 2.36. The number of hydrogen-bond donors (Lipinski definition) is 0. The number of benzene rings is 3. The molecule has 0 saturated carbocycles. The van der Waals surface area contributed by atoms with Crippen molar-refractivity contribution in [2.24, 2.45) is 4.99 Å². The smallest absolute Gasteiger partial charge is 0.338 e. The quantitative estimate of drug-likeness (QED) is 0.227. The molecule has 3 heterocycles. The summed E-state index contributed by atoms with van der Waals surface area (Å²) in [5.74, 6) is -0.205. The van der Waals surface area contributed by atoms with E-state index in [2.05, 4.69) is 4.57 Å². The average Bonchev–Trinajstić information content (AvgIpc) is 3.50. The van der Waals surface area contributed by atoms with Gasteiger partial charge in [-0.1, -0.05) is 59.9 Å². The van der Waals surface area contributed by atoms with Crippen LogP contribution in [0.4, 0.5) is 4.39 Å². The molecular weight excluding hydrogens is 565 g/mol.